The number of halogens is 1. The quantitative estimate of drug-likeness (QED) is 0.381. The Kier molecular flexibility index (Phi) is 6.40. The molecule has 0 fully saturated rings. The fourth-order valence-electron chi connectivity index (χ4n) is 4.91. The number of amides is 1. The standard InChI is InChI=1S/C27H29FN4O3/c1-16(15-33)29-25(34)14-32-10-9-19-23(13-32)30-22(12-17-7-8-24(35-2)20(28)11-17)27-26(19)18-5-3-4-6-21(18)31-27/h3-8,11,16,31,33H,9-10,12-15H2,1-2H3,(H,29,34). The van der Waals surface area contributed by atoms with Gasteiger partial charge in [0.1, 0.15) is 0 Å². The molecule has 0 spiro atoms. The van der Waals surface area contributed by atoms with Gasteiger partial charge in [0, 0.05) is 41.8 Å². The largest absolute Gasteiger partial charge is 0.494 e. The minimum Gasteiger partial charge on any atom is -0.494 e. The summed E-state index contributed by atoms with van der Waals surface area (Å²) in [7, 11) is 1.45. The van der Waals surface area contributed by atoms with Gasteiger partial charge in [-0.2, -0.15) is 0 Å². The van der Waals surface area contributed by atoms with Gasteiger partial charge in [-0.25, -0.2) is 4.39 Å². The van der Waals surface area contributed by atoms with Crippen molar-refractivity contribution in [1.82, 2.24) is 20.2 Å². The van der Waals surface area contributed by atoms with Gasteiger partial charge in [-0.1, -0.05) is 24.3 Å². The van der Waals surface area contributed by atoms with Crippen LogP contribution in [0.2, 0.25) is 0 Å². The van der Waals surface area contributed by atoms with Crippen molar-refractivity contribution in [2.75, 3.05) is 26.8 Å². The highest BCUT2D eigenvalue weighted by molar-refractivity contribution is 6.10. The van der Waals surface area contributed by atoms with Crippen LogP contribution in [-0.4, -0.2) is 58.7 Å². The third-order valence-electron chi connectivity index (χ3n) is 6.60. The van der Waals surface area contributed by atoms with Crippen molar-refractivity contribution in [3.63, 3.8) is 0 Å². The second-order valence-corrected chi connectivity index (χ2v) is 9.16. The summed E-state index contributed by atoms with van der Waals surface area (Å²) in [4.78, 5) is 23.1. The maximum absolute atomic E-state index is 14.4. The van der Waals surface area contributed by atoms with Gasteiger partial charge >= 0.3 is 0 Å². The second-order valence-electron chi connectivity index (χ2n) is 9.16. The number of hydrogen-bond acceptors (Lipinski definition) is 5. The summed E-state index contributed by atoms with van der Waals surface area (Å²) >= 11 is 0. The van der Waals surface area contributed by atoms with E-state index in [9.17, 15) is 14.3 Å². The summed E-state index contributed by atoms with van der Waals surface area (Å²) in [5.41, 5.74) is 5.81. The number of pyridine rings is 1. The third-order valence-corrected chi connectivity index (χ3v) is 6.60. The van der Waals surface area contributed by atoms with E-state index in [1.54, 1.807) is 13.0 Å². The number of para-hydroxylation sites is 1. The van der Waals surface area contributed by atoms with Gasteiger partial charge in [0.15, 0.2) is 11.6 Å². The van der Waals surface area contributed by atoms with E-state index in [1.165, 1.54) is 18.7 Å². The first kappa shape index (κ1) is 23.3. The maximum Gasteiger partial charge on any atom is 0.234 e. The molecule has 182 valence electrons. The first-order valence-corrected chi connectivity index (χ1v) is 11.8. The maximum atomic E-state index is 14.4. The zero-order valence-corrected chi connectivity index (χ0v) is 19.9. The number of carbonyl (C=O) groups excluding carboxylic acids is 1. The van der Waals surface area contributed by atoms with Gasteiger partial charge in [-0.3, -0.25) is 14.7 Å². The molecule has 0 bridgehead atoms. The molecule has 1 aliphatic heterocycles. The van der Waals surface area contributed by atoms with Crippen LogP contribution < -0.4 is 10.1 Å². The van der Waals surface area contributed by atoms with Crippen LogP contribution in [0.15, 0.2) is 42.5 Å². The number of hydrogen-bond donors (Lipinski definition) is 3. The Labute approximate surface area is 202 Å². The Hall–Kier alpha value is -3.49. The number of aliphatic hydroxyl groups is 1. The van der Waals surface area contributed by atoms with Crippen LogP contribution >= 0.6 is 0 Å². The highest BCUT2D eigenvalue weighted by atomic mass is 19.1. The summed E-state index contributed by atoms with van der Waals surface area (Å²) in [6.45, 7) is 3.22. The molecule has 7 nitrogen and oxygen atoms in total. The lowest BCUT2D eigenvalue weighted by molar-refractivity contribution is -0.123. The number of fused-ring (bicyclic) bond motifs is 5. The van der Waals surface area contributed by atoms with Gasteiger partial charge in [-0.15, -0.1) is 0 Å². The number of rotatable bonds is 7. The molecular weight excluding hydrogens is 447 g/mol. The number of aromatic amines is 1. The SMILES string of the molecule is COc1ccc(Cc2nc3c(c4c2[nH]c2ccccc24)CCN(CC(=O)NC(C)CO)C3)cc1F. The van der Waals surface area contributed by atoms with E-state index in [1.807, 2.05) is 18.2 Å². The lowest BCUT2D eigenvalue weighted by atomic mass is 9.96. The molecule has 0 aliphatic carbocycles. The molecule has 3 heterocycles. The lowest BCUT2D eigenvalue weighted by Gasteiger charge is -2.29. The highest BCUT2D eigenvalue weighted by Gasteiger charge is 2.25. The second kappa shape index (κ2) is 9.64. The topological polar surface area (TPSA) is 90.5 Å². The molecule has 2 aromatic carbocycles. The number of benzene rings is 2. The van der Waals surface area contributed by atoms with Crippen molar-refractivity contribution in [3.05, 3.63) is 70.8 Å². The molecule has 0 saturated carbocycles. The summed E-state index contributed by atoms with van der Waals surface area (Å²) in [6.07, 6.45) is 1.24. The van der Waals surface area contributed by atoms with Crippen molar-refractivity contribution in [1.29, 1.82) is 0 Å². The zero-order valence-electron chi connectivity index (χ0n) is 19.9. The Morgan fingerprint density at radius 2 is 2.14 bits per heavy atom. The molecule has 4 aromatic rings. The number of aromatic nitrogens is 2. The van der Waals surface area contributed by atoms with Crippen molar-refractivity contribution in [2.24, 2.45) is 0 Å². The molecule has 0 radical (unpaired) electrons. The van der Waals surface area contributed by atoms with E-state index >= 15 is 0 Å². The Morgan fingerprint density at radius 1 is 1.31 bits per heavy atom. The highest BCUT2D eigenvalue weighted by Crippen LogP contribution is 2.35. The Morgan fingerprint density at radius 3 is 2.91 bits per heavy atom. The smallest absolute Gasteiger partial charge is 0.234 e. The minimum absolute atomic E-state index is 0.0933. The lowest BCUT2D eigenvalue weighted by Crippen LogP contribution is -2.44. The average Bonchev–Trinajstić information content (AvgIpc) is 3.24. The molecule has 35 heavy (non-hydrogen) atoms. The Bertz CT molecular complexity index is 1400. The van der Waals surface area contributed by atoms with Gasteiger partial charge in [0.2, 0.25) is 5.91 Å². The van der Waals surface area contributed by atoms with E-state index in [0.29, 0.717) is 13.0 Å². The first-order valence-electron chi connectivity index (χ1n) is 11.8. The number of methoxy groups -OCH3 is 1. The van der Waals surface area contributed by atoms with Crippen LogP contribution in [0.5, 0.6) is 5.75 Å². The van der Waals surface area contributed by atoms with Gasteiger partial charge in [0.25, 0.3) is 0 Å². The molecule has 5 rings (SSSR count). The minimum atomic E-state index is -0.398. The van der Waals surface area contributed by atoms with Crippen molar-refractivity contribution >= 4 is 27.7 Å². The molecular formula is C27H29FN4O3. The van der Waals surface area contributed by atoms with Crippen molar-refractivity contribution in [2.45, 2.75) is 32.4 Å². The molecule has 8 heteroatoms. The summed E-state index contributed by atoms with van der Waals surface area (Å²) < 4.78 is 19.4. The molecule has 2 aromatic heterocycles. The van der Waals surface area contributed by atoms with Crippen LogP contribution in [-0.2, 0) is 24.2 Å². The molecule has 1 amide bonds. The first-order chi connectivity index (χ1) is 17.0. The van der Waals surface area contributed by atoms with Crippen LogP contribution in [0.3, 0.4) is 0 Å². The number of nitrogens with one attached hydrogen (secondary N) is 2. The molecule has 0 saturated heterocycles. The number of H-pyrrole nitrogens is 1. The fourth-order valence-corrected chi connectivity index (χ4v) is 4.91. The third kappa shape index (κ3) is 4.59. The van der Waals surface area contributed by atoms with Crippen LogP contribution in [0.1, 0.15) is 29.4 Å². The number of aliphatic hydroxyl groups excluding tert-OH is 1. The number of nitrogens with zero attached hydrogens (tertiary/aromatic N) is 2. The van der Waals surface area contributed by atoms with Crippen LogP contribution in [0.4, 0.5) is 4.39 Å². The molecule has 3 N–H and O–H groups in total. The zero-order chi connectivity index (χ0) is 24.5. The molecule has 1 aliphatic rings. The monoisotopic (exact) mass is 476 g/mol. The number of ether oxygens (including phenoxy) is 1. The van der Waals surface area contributed by atoms with Crippen molar-refractivity contribution in [3.8, 4) is 5.75 Å². The summed E-state index contributed by atoms with van der Waals surface area (Å²) in [6, 6.07) is 12.9. The van der Waals surface area contributed by atoms with Gasteiger partial charge in [-0.05, 0) is 42.7 Å². The fraction of sp³-hybridized carbons (Fsp3) is 0.333. The van der Waals surface area contributed by atoms with E-state index in [-0.39, 0.29) is 30.9 Å². The molecule has 1 atom stereocenters. The average molecular weight is 477 g/mol. The van der Waals surface area contributed by atoms with Crippen LogP contribution in [0, 0.1) is 5.82 Å². The van der Waals surface area contributed by atoms with E-state index in [0.717, 1.165) is 51.7 Å². The normalized spacial score (nSPS) is 14.7. The van der Waals surface area contributed by atoms with E-state index in [2.05, 4.69) is 27.3 Å². The van der Waals surface area contributed by atoms with Gasteiger partial charge < -0.3 is 20.1 Å². The van der Waals surface area contributed by atoms with E-state index < -0.39 is 5.82 Å². The number of carbonyl (C=O) groups is 1. The van der Waals surface area contributed by atoms with E-state index in [4.69, 9.17) is 9.72 Å². The summed E-state index contributed by atoms with van der Waals surface area (Å²) in [5.74, 6) is -0.297. The predicted molar refractivity (Wildman–Crippen MR) is 133 cm³/mol. The predicted octanol–water partition coefficient (Wildman–Crippen LogP) is 3.31. The summed E-state index contributed by atoms with van der Waals surface area (Å²) in [5, 5.41) is 14.3. The molecule has 1 unspecified atom stereocenters. The van der Waals surface area contributed by atoms with Crippen LogP contribution in [0.25, 0.3) is 21.8 Å². The van der Waals surface area contributed by atoms with Gasteiger partial charge in [0.05, 0.1) is 37.2 Å². The Balaban J connectivity index is 1.53. The van der Waals surface area contributed by atoms with Crippen molar-refractivity contribution < 1.29 is 19.0 Å².